The first-order valence-electron chi connectivity index (χ1n) is 11.4. The minimum absolute atomic E-state index is 0.0897. The first-order chi connectivity index (χ1) is 15.0. The maximum absolute atomic E-state index is 13.1. The summed E-state index contributed by atoms with van der Waals surface area (Å²) < 4.78 is 5.17. The predicted octanol–water partition coefficient (Wildman–Crippen LogP) is 3.67. The van der Waals surface area contributed by atoms with Crippen molar-refractivity contribution in [3.05, 3.63) is 34.9 Å². The molecule has 0 bridgehead atoms. The molecule has 1 aromatic rings. The number of urea groups is 1. The van der Waals surface area contributed by atoms with Crippen LogP contribution in [0.4, 0.5) is 4.79 Å². The number of amides is 3. The van der Waals surface area contributed by atoms with E-state index in [4.69, 9.17) is 4.74 Å². The van der Waals surface area contributed by atoms with E-state index in [0.717, 1.165) is 28.9 Å². The average Bonchev–Trinajstić information content (AvgIpc) is 2.93. The summed E-state index contributed by atoms with van der Waals surface area (Å²) in [6.07, 6.45) is 3.55. The summed E-state index contributed by atoms with van der Waals surface area (Å²) in [5.74, 6) is -1.16. The smallest absolute Gasteiger partial charge is 0.326 e. The first-order valence-corrected chi connectivity index (χ1v) is 11.4. The number of imide groups is 1. The van der Waals surface area contributed by atoms with Crippen LogP contribution in [0.2, 0.25) is 0 Å². The summed E-state index contributed by atoms with van der Waals surface area (Å²) in [5, 5.41) is 2.84. The van der Waals surface area contributed by atoms with Crippen LogP contribution < -0.4 is 5.32 Å². The fourth-order valence-corrected chi connectivity index (χ4v) is 5.46. The molecule has 1 aliphatic heterocycles. The third kappa shape index (κ3) is 4.87. The summed E-state index contributed by atoms with van der Waals surface area (Å²) in [7, 11) is 0. The van der Waals surface area contributed by atoms with Crippen LogP contribution in [0.1, 0.15) is 75.4 Å². The largest absolute Gasteiger partial charge is 0.456 e. The van der Waals surface area contributed by atoms with E-state index in [-0.39, 0.29) is 23.0 Å². The van der Waals surface area contributed by atoms with Crippen molar-refractivity contribution in [1.82, 2.24) is 10.2 Å². The lowest BCUT2D eigenvalue weighted by Gasteiger charge is -2.43. The van der Waals surface area contributed by atoms with Crippen molar-refractivity contribution >= 4 is 23.7 Å². The summed E-state index contributed by atoms with van der Waals surface area (Å²) in [5.41, 5.74) is 1.42. The number of carbonyl (C=O) groups is 4. The summed E-state index contributed by atoms with van der Waals surface area (Å²) in [6.45, 7) is 9.30. The Labute approximate surface area is 189 Å². The molecule has 1 aliphatic carbocycles. The van der Waals surface area contributed by atoms with Gasteiger partial charge in [0, 0.05) is 5.56 Å². The summed E-state index contributed by atoms with van der Waals surface area (Å²) in [4.78, 5) is 51.7. The monoisotopic (exact) mass is 442 g/mol. The Morgan fingerprint density at radius 1 is 1.16 bits per heavy atom. The highest BCUT2D eigenvalue weighted by Crippen LogP contribution is 2.46. The van der Waals surface area contributed by atoms with Gasteiger partial charge in [-0.05, 0) is 60.6 Å². The zero-order valence-corrected chi connectivity index (χ0v) is 19.7. The molecular weight excluding hydrogens is 408 g/mol. The van der Waals surface area contributed by atoms with Gasteiger partial charge in [0.05, 0.1) is 0 Å². The van der Waals surface area contributed by atoms with Gasteiger partial charge >= 0.3 is 12.0 Å². The van der Waals surface area contributed by atoms with Crippen molar-refractivity contribution < 1.29 is 23.9 Å². The Morgan fingerprint density at radius 2 is 1.88 bits per heavy atom. The van der Waals surface area contributed by atoms with E-state index in [1.54, 1.807) is 0 Å². The SMILES string of the molecule is CCc1ccc(CC)c(C(=O)COC(=O)CN2C(=O)NC3(CC(C)CC(C)(C)C3)C2=O)c1. The molecule has 2 unspecified atom stereocenters. The van der Waals surface area contributed by atoms with Gasteiger partial charge in [-0.25, -0.2) is 4.79 Å². The van der Waals surface area contributed by atoms with Gasteiger partial charge in [-0.15, -0.1) is 0 Å². The van der Waals surface area contributed by atoms with Gasteiger partial charge in [0.15, 0.2) is 6.61 Å². The van der Waals surface area contributed by atoms with Crippen LogP contribution in [0.25, 0.3) is 0 Å². The van der Waals surface area contributed by atoms with Gasteiger partial charge in [-0.1, -0.05) is 46.8 Å². The quantitative estimate of drug-likeness (QED) is 0.395. The van der Waals surface area contributed by atoms with Gasteiger partial charge in [-0.2, -0.15) is 0 Å². The lowest BCUT2D eigenvalue weighted by atomic mass is 9.64. The number of benzene rings is 1. The Bertz CT molecular complexity index is 938. The molecule has 32 heavy (non-hydrogen) atoms. The van der Waals surface area contributed by atoms with E-state index >= 15 is 0 Å². The maximum atomic E-state index is 13.1. The number of aryl methyl sites for hydroxylation is 2. The third-order valence-electron chi connectivity index (χ3n) is 6.54. The number of carbonyl (C=O) groups excluding carboxylic acids is 4. The highest BCUT2D eigenvalue weighted by atomic mass is 16.5. The molecule has 3 amide bonds. The number of rotatable bonds is 7. The molecule has 1 saturated heterocycles. The molecule has 1 N–H and O–H groups in total. The van der Waals surface area contributed by atoms with Crippen LogP contribution in [-0.4, -0.2) is 47.3 Å². The van der Waals surface area contributed by atoms with Gasteiger partial charge < -0.3 is 10.1 Å². The van der Waals surface area contributed by atoms with E-state index < -0.39 is 30.7 Å². The van der Waals surface area contributed by atoms with Crippen molar-refractivity contribution in [2.45, 2.75) is 72.3 Å². The number of ketones is 1. The van der Waals surface area contributed by atoms with E-state index in [2.05, 4.69) is 26.1 Å². The first kappa shape index (κ1) is 24.0. The Morgan fingerprint density at radius 3 is 2.50 bits per heavy atom. The highest BCUT2D eigenvalue weighted by molar-refractivity contribution is 6.09. The standard InChI is InChI=1S/C25H34N2O5/c1-6-17-8-9-18(7-2)19(10-17)20(28)14-32-21(29)13-27-22(30)25(26-23(27)31)12-16(3)11-24(4,5)15-25/h8-10,16H,6-7,11-15H2,1-5H3,(H,26,31). The molecular formula is C25H34N2O5. The second-order valence-corrected chi connectivity index (χ2v) is 10.0. The lowest BCUT2D eigenvalue weighted by molar-refractivity contribution is -0.147. The molecule has 7 nitrogen and oxygen atoms in total. The van der Waals surface area contributed by atoms with Gasteiger partial charge in [0.25, 0.3) is 5.91 Å². The minimum atomic E-state index is -0.967. The number of nitrogens with one attached hydrogen (secondary N) is 1. The zero-order chi connectivity index (χ0) is 23.7. The fourth-order valence-electron chi connectivity index (χ4n) is 5.46. The van der Waals surface area contributed by atoms with Crippen LogP contribution in [0.15, 0.2) is 18.2 Å². The normalized spacial score (nSPS) is 24.5. The number of Topliss-reactive ketones (excluding diaryl/α,β-unsaturated/α-hetero) is 1. The predicted molar refractivity (Wildman–Crippen MR) is 120 cm³/mol. The molecule has 2 fully saturated rings. The maximum Gasteiger partial charge on any atom is 0.326 e. The second kappa shape index (κ2) is 9.04. The molecule has 0 aromatic heterocycles. The topological polar surface area (TPSA) is 92.8 Å². The van der Waals surface area contributed by atoms with Crippen molar-refractivity contribution in [2.75, 3.05) is 13.2 Å². The molecule has 174 valence electrons. The zero-order valence-electron chi connectivity index (χ0n) is 19.7. The number of esters is 1. The van der Waals surface area contributed by atoms with Crippen LogP contribution in [0, 0.1) is 11.3 Å². The molecule has 2 aliphatic rings. The molecule has 1 saturated carbocycles. The Balaban J connectivity index is 1.64. The van der Waals surface area contributed by atoms with Crippen LogP contribution in [0.5, 0.6) is 0 Å². The van der Waals surface area contributed by atoms with Crippen LogP contribution in [-0.2, 0) is 27.2 Å². The van der Waals surface area contributed by atoms with Gasteiger partial charge in [0.1, 0.15) is 12.1 Å². The van der Waals surface area contributed by atoms with E-state index in [1.807, 2.05) is 32.0 Å². The molecule has 0 radical (unpaired) electrons. The Hall–Kier alpha value is -2.70. The van der Waals surface area contributed by atoms with E-state index in [9.17, 15) is 19.2 Å². The third-order valence-corrected chi connectivity index (χ3v) is 6.54. The molecule has 2 atom stereocenters. The molecule has 3 rings (SSSR count). The van der Waals surface area contributed by atoms with Crippen molar-refractivity contribution in [2.24, 2.45) is 11.3 Å². The summed E-state index contributed by atoms with van der Waals surface area (Å²) in [6, 6.07) is 5.17. The van der Waals surface area contributed by atoms with Gasteiger partial charge in [0.2, 0.25) is 5.78 Å². The van der Waals surface area contributed by atoms with Crippen LogP contribution in [0.3, 0.4) is 0 Å². The molecule has 7 heteroatoms. The van der Waals surface area contributed by atoms with Crippen LogP contribution >= 0.6 is 0 Å². The fraction of sp³-hybridized carbons (Fsp3) is 0.600. The van der Waals surface area contributed by atoms with E-state index in [1.165, 1.54) is 0 Å². The lowest BCUT2D eigenvalue weighted by Crippen LogP contribution is -2.54. The van der Waals surface area contributed by atoms with Crippen molar-refractivity contribution in [3.8, 4) is 0 Å². The number of nitrogens with zero attached hydrogens (tertiary/aromatic N) is 1. The number of hydrogen-bond donors (Lipinski definition) is 1. The molecule has 1 spiro atoms. The highest BCUT2D eigenvalue weighted by Gasteiger charge is 2.56. The Kier molecular flexibility index (Phi) is 6.77. The number of hydrogen-bond acceptors (Lipinski definition) is 5. The summed E-state index contributed by atoms with van der Waals surface area (Å²) >= 11 is 0. The van der Waals surface area contributed by atoms with Gasteiger partial charge in [-0.3, -0.25) is 19.3 Å². The average molecular weight is 443 g/mol. The molecule has 1 heterocycles. The van der Waals surface area contributed by atoms with Crippen molar-refractivity contribution in [3.63, 3.8) is 0 Å². The van der Waals surface area contributed by atoms with E-state index in [0.29, 0.717) is 24.8 Å². The molecule has 1 aromatic carbocycles. The van der Waals surface area contributed by atoms with Crippen molar-refractivity contribution in [1.29, 1.82) is 0 Å². The second-order valence-electron chi connectivity index (χ2n) is 10.0. The number of ether oxygens (including phenoxy) is 1. The minimum Gasteiger partial charge on any atom is -0.456 e.